The second-order valence-electron chi connectivity index (χ2n) is 5.84. The number of ether oxygens (including phenoxy) is 2. The van der Waals surface area contributed by atoms with Crippen LogP contribution in [0.5, 0.6) is 0 Å². The van der Waals surface area contributed by atoms with Crippen LogP contribution in [0.2, 0.25) is 0 Å². The van der Waals surface area contributed by atoms with E-state index >= 15 is 0 Å². The lowest BCUT2D eigenvalue weighted by Gasteiger charge is -2.42. The molecule has 1 heterocycles. The Bertz CT molecular complexity index is 510. The highest BCUT2D eigenvalue weighted by Gasteiger charge is 2.44. The summed E-state index contributed by atoms with van der Waals surface area (Å²) in [6.45, 7) is 1.10. The fraction of sp³-hybridized carbons (Fsp3) is 0.556. The Labute approximate surface area is 126 Å². The summed E-state index contributed by atoms with van der Waals surface area (Å²) in [4.78, 5) is 0. The molecule has 0 amide bonds. The van der Waals surface area contributed by atoms with E-state index in [1.807, 2.05) is 18.2 Å². The molecule has 1 saturated carbocycles. The lowest BCUT2D eigenvalue weighted by molar-refractivity contribution is -0.154. The molecular weight excluding hydrogens is 264 g/mol. The van der Waals surface area contributed by atoms with Gasteiger partial charge in [-0.1, -0.05) is 42.2 Å². The van der Waals surface area contributed by atoms with Gasteiger partial charge in [0, 0.05) is 12.5 Å². The van der Waals surface area contributed by atoms with E-state index in [2.05, 4.69) is 24.0 Å². The standard InChI is InChI=1S/C18H22O3/c19-18(11-6-14-21-17-9-4-5-13-20-17)12-10-16(18)15-7-2-1-3-8-15/h1-3,7-8,16-17,19H,4-5,9-10,12-14H2/t16-,17?,18+/m0/s1. The Kier molecular flexibility index (Phi) is 4.60. The summed E-state index contributed by atoms with van der Waals surface area (Å²) in [6, 6.07) is 10.1. The highest BCUT2D eigenvalue weighted by atomic mass is 16.7. The SMILES string of the molecule is O[C@]1(C#CCOC2CCCCO2)CC[C@H]1c1ccccc1. The van der Waals surface area contributed by atoms with Crippen molar-refractivity contribution >= 4 is 0 Å². The average molecular weight is 286 g/mol. The first-order chi connectivity index (χ1) is 10.3. The van der Waals surface area contributed by atoms with Crippen molar-refractivity contribution in [2.24, 2.45) is 0 Å². The number of hydrogen-bond acceptors (Lipinski definition) is 3. The Morgan fingerprint density at radius 3 is 2.76 bits per heavy atom. The molecule has 0 aromatic heterocycles. The number of rotatable bonds is 3. The third-order valence-electron chi connectivity index (χ3n) is 4.38. The third kappa shape index (κ3) is 3.47. The monoisotopic (exact) mass is 286 g/mol. The van der Waals surface area contributed by atoms with Crippen molar-refractivity contribution in [1.82, 2.24) is 0 Å². The lowest BCUT2D eigenvalue weighted by atomic mass is 9.66. The van der Waals surface area contributed by atoms with Gasteiger partial charge in [0.25, 0.3) is 0 Å². The first kappa shape index (κ1) is 14.6. The van der Waals surface area contributed by atoms with E-state index in [-0.39, 0.29) is 12.2 Å². The third-order valence-corrected chi connectivity index (χ3v) is 4.38. The summed E-state index contributed by atoms with van der Waals surface area (Å²) in [5.41, 5.74) is 0.273. The molecule has 1 aromatic rings. The van der Waals surface area contributed by atoms with Crippen LogP contribution in [-0.2, 0) is 9.47 Å². The Morgan fingerprint density at radius 1 is 1.24 bits per heavy atom. The van der Waals surface area contributed by atoms with Crippen LogP contribution in [-0.4, -0.2) is 30.2 Å². The molecule has 1 unspecified atom stereocenters. The van der Waals surface area contributed by atoms with E-state index in [0.717, 1.165) is 44.3 Å². The minimum Gasteiger partial charge on any atom is -0.377 e. The van der Waals surface area contributed by atoms with Gasteiger partial charge in [-0.25, -0.2) is 0 Å². The summed E-state index contributed by atoms with van der Waals surface area (Å²) < 4.78 is 11.1. The van der Waals surface area contributed by atoms with Gasteiger partial charge in [-0.3, -0.25) is 0 Å². The maximum absolute atomic E-state index is 10.6. The predicted octanol–water partition coefficient (Wildman–Crippen LogP) is 2.84. The van der Waals surface area contributed by atoms with Crippen molar-refractivity contribution in [3.63, 3.8) is 0 Å². The van der Waals surface area contributed by atoms with Crippen molar-refractivity contribution in [3.8, 4) is 11.8 Å². The van der Waals surface area contributed by atoms with Crippen LogP contribution < -0.4 is 0 Å². The summed E-state index contributed by atoms with van der Waals surface area (Å²) in [5.74, 6) is 6.10. The summed E-state index contributed by atoms with van der Waals surface area (Å²) in [6.07, 6.45) is 4.82. The molecule has 3 rings (SSSR count). The molecule has 2 aliphatic rings. The Hall–Kier alpha value is -1.34. The van der Waals surface area contributed by atoms with Gasteiger partial charge in [0.15, 0.2) is 6.29 Å². The molecule has 1 saturated heterocycles. The van der Waals surface area contributed by atoms with Crippen LogP contribution in [0.4, 0.5) is 0 Å². The Balaban J connectivity index is 1.53. The molecule has 0 radical (unpaired) electrons. The highest BCUT2D eigenvalue weighted by Crippen LogP contribution is 2.45. The van der Waals surface area contributed by atoms with E-state index in [1.165, 1.54) is 0 Å². The number of aliphatic hydroxyl groups is 1. The van der Waals surface area contributed by atoms with Gasteiger partial charge < -0.3 is 14.6 Å². The van der Waals surface area contributed by atoms with Crippen LogP contribution in [0.3, 0.4) is 0 Å². The van der Waals surface area contributed by atoms with E-state index in [0.29, 0.717) is 6.61 Å². The van der Waals surface area contributed by atoms with Gasteiger partial charge in [0.1, 0.15) is 12.2 Å². The molecule has 3 nitrogen and oxygen atoms in total. The molecule has 2 fully saturated rings. The second kappa shape index (κ2) is 6.62. The molecule has 21 heavy (non-hydrogen) atoms. The maximum atomic E-state index is 10.6. The molecule has 1 aliphatic heterocycles. The van der Waals surface area contributed by atoms with E-state index in [4.69, 9.17) is 9.47 Å². The van der Waals surface area contributed by atoms with Crippen LogP contribution in [0, 0.1) is 11.8 Å². The van der Waals surface area contributed by atoms with Crippen LogP contribution in [0.15, 0.2) is 30.3 Å². The predicted molar refractivity (Wildman–Crippen MR) is 80.7 cm³/mol. The van der Waals surface area contributed by atoms with Crippen molar-refractivity contribution in [3.05, 3.63) is 35.9 Å². The van der Waals surface area contributed by atoms with Crippen molar-refractivity contribution in [1.29, 1.82) is 0 Å². The first-order valence-corrected chi connectivity index (χ1v) is 7.78. The molecule has 1 aliphatic carbocycles. The van der Waals surface area contributed by atoms with Crippen LogP contribution in [0.1, 0.15) is 43.6 Å². The summed E-state index contributed by atoms with van der Waals surface area (Å²) in [7, 11) is 0. The zero-order chi connectivity index (χ0) is 14.5. The normalized spacial score (nSPS) is 31.9. The van der Waals surface area contributed by atoms with E-state index in [9.17, 15) is 5.11 Å². The van der Waals surface area contributed by atoms with Gasteiger partial charge in [-0.05, 0) is 37.7 Å². The highest BCUT2D eigenvalue weighted by molar-refractivity contribution is 5.33. The van der Waals surface area contributed by atoms with E-state index in [1.54, 1.807) is 0 Å². The lowest BCUT2D eigenvalue weighted by Crippen LogP contribution is -2.44. The number of benzene rings is 1. The fourth-order valence-corrected chi connectivity index (χ4v) is 3.01. The molecule has 1 aromatic carbocycles. The molecule has 3 heteroatoms. The first-order valence-electron chi connectivity index (χ1n) is 7.78. The Morgan fingerprint density at radius 2 is 2.10 bits per heavy atom. The summed E-state index contributed by atoms with van der Waals surface area (Å²) >= 11 is 0. The minimum absolute atomic E-state index is 0.117. The second-order valence-corrected chi connectivity index (χ2v) is 5.84. The van der Waals surface area contributed by atoms with E-state index < -0.39 is 5.60 Å². The molecule has 0 bridgehead atoms. The zero-order valence-electron chi connectivity index (χ0n) is 12.3. The topological polar surface area (TPSA) is 38.7 Å². The largest absolute Gasteiger partial charge is 0.377 e. The zero-order valence-corrected chi connectivity index (χ0v) is 12.3. The summed E-state index contributed by atoms with van der Waals surface area (Å²) in [5, 5.41) is 10.6. The van der Waals surface area contributed by atoms with Crippen molar-refractivity contribution < 1.29 is 14.6 Å². The molecular formula is C18H22O3. The van der Waals surface area contributed by atoms with Gasteiger partial charge in [0.05, 0.1) is 0 Å². The molecule has 3 atom stereocenters. The maximum Gasteiger partial charge on any atom is 0.158 e. The van der Waals surface area contributed by atoms with Gasteiger partial charge in [-0.15, -0.1) is 0 Å². The average Bonchev–Trinajstić information content (AvgIpc) is 2.52. The quantitative estimate of drug-likeness (QED) is 0.868. The van der Waals surface area contributed by atoms with Crippen molar-refractivity contribution in [2.45, 2.75) is 49.9 Å². The van der Waals surface area contributed by atoms with Gasteiger partial charge in [-0.2, -0.15) is 0 Å². The van der Waals surface area contributed by atoms with Gasteiger partial charge in [0.2, 0.25) is 0 Å². The molecule has 112 valence electrons. The van der Waals surface area contributed by atoms with Crippen molar-refractivity contribution in [2.75, 3.05) is 13.2 Å². The van der Waals surface area contributed by atoms with Gasteiger partial charge >= 0.3 is 0 Å². The van der Waals surface area contributed by atoms with Crippen LogP contribution >= 0.6 is 0 Å². The van der Waals surface area contributed by atoms with Crippen LogP contribution in [0.25, 0.3) is 0 Å². The number of hydrogen-bond donors (Lipinski definition) is 1. The minimum atomic E-state index is -0.891. The smallest absolute Gasteiger partial charge is 0.158 e. The molecule has 0 spiro atoms. The fourth-order valence-electron chi connectivity index (χ4n) is 3.01. The molecule has 1 N–H and O–H groups in total.